The smallest absolute Gasteiger partial charge is 0.322 e. The van der Waals surface area contributed by atoms with Gasteiger partial charge in [0.15, 0.2) is 0 Å². The fourth-order valence-corrected chi connectivity index (χ4v) is 0.274. The lowest BCUT2D eigenvalue weighted by Gasteiger charge is -2.07. The molecule has 0 saturated carbocycles. The Balaban J connectivity index is 3.64. The number of aliphatic carboxylic acids is 1. The van der Waals surface area contributed by atoms with Crippen LogP contribution in [0.2, 0.25) is 0 Å². The van der Waals surface area contributed by atoms with Crippen molar-refractivity contribution < 1.29 is 9.90 Å². The van der Waals surface area contributed by atoms with Gasteiger partial charge in [0.1, 0.15) is 6.04 Å². The highest BCUT2D eigenvalue weighted by Gasteiger charge is 2.15. The average Bonchev–Trinajstić information content (AvgIpc) is 1.64. The predicted molar refractivity (Wildman–Crippen MR) is 32.6 cm³/mol. The number of carboxylic acids is 1. The topological polar surface area (TPSA) is 89.3 Å². The minimum atomic E-state index is -1.13. The molecule has 0 aliphatic carbocycles. The minimum Gasteiger partial charge on any atom is -0.480 e. The number of hydrogen-bond donors (Lipinski definition) is 4. The second-order valence-electron chi connectivity index (χ2n) is 1.35. The van der Waals surface area contributed by atoms with Gasteiger partial charge in [-0.2, -0.15) is 12.6 Å². The van der Waals surface area contributed by atoms with Crippen molar-refractivity contribution in [3.8, 4) is 0 Å². The first-order valence-corrected chi connectivity index (χ1v) is 2.49. The zero-order valence-electron chi connectivity index (χ0n) is 4.11. The van der Waals surface area contributed by atoms with Gasteiger partial charge in [-0.15, -0.1) is 0 Å². The van der Waals surface area contributed by atoms with E-state index >= 15 is 0 Å². The molecule has 0 fully saturated rings. The number of carbonyl (C=O) groups is 1. The van der Waals surface area contributed by atoms with Crippen LogP contribution in [0.4, 0.5) is 0 Å². The normalized spacial score (nSPS) is 17.4. The van der Waals surface area contributed by atoms with Crippen molar-refractivity contribution in [3.63, 3.8) is 0 Å². The first kappa shape index (κ1) is 7.74. The quantitative estimate of drug-likeness (QED) is 0.278. The van der Waals surface area contributed by atoms with Crippen LogP contribution in [-0.4, -0.2) is 22.5 Å². The van der Waals surface area contributed by atoms with Crippen LogP contribution < -0.4 is 11.5 Å². The molecule has 48 valence electrons. The lowest BCUT2D eigenvalue weighted by molar-refractivity contribution is -0.138. The Bertz CT molecular complexity index is 95.3. The molecular formula is C3H8N2O2S. The number of hydrogen-bond acceptors (Lipinski definition) is 4. The van der Waals surface area contributed by atoms with Crippen molar-refractivity contribution in [1.82, 2.24) is 0 Å². The van der Waals surface area contributed by atoms with Gasteiger partial charge < -0.3 is 16.6 Å². The largest absolute Gasteiger partial charge is 0.480 e. The van der Waals surface area contributed by atoms with E-state index in [4.69, 9.17) is 16.6 Å². The molecule has 5 N–H and O–H groups in total. The van der Waals surface area contributed by atoms with Gasteiger partial charge in [0.25, 0.3) is 0 Å². The lowest BCUT2D eigenvalue weighted by Crippen LogP contribution is -2.43. The summed E-state index contributed by atoms with van der Waals surface area (Å²) in [5.41, 5.74) is 9.95. The monoisotopic (exact) mass is 136 g/mol. The third-order valence-electron chi connectivity index (χ3n) is 0.653. The van der Waals surface area contributed by atoms with Crippen molar-refractivity contribution >= 4 is 18.6 Å². The summed E-state index contributed by atoms with van der Waals surface area (Å²) in [5, 5.41) is 7.31. The molecule has 0 aromatic rings. The summed E-state index contributed by atoms with van der Waals surface area (Å²) in [6.45, 7) is 0. The Morgan fingerprint density at radius 1 is 1.62 bits per heavy atom. The number of carboxylic acid groups (broad SMARTS) is 1. The molecule has 2 atom stereocenters. The molecule has 8 heavy (non-hydrogen) atoms. The minimum absolute atomic E-state index is 0.785. The van der Waals surface area contributed by atoms with Crippen LogP contribution in [0.3, 0.4) is 0 Å². The maximum absolute atomic E-state index is 9.89. The van der Waals surface area contributed by atoms with E-state index in [9.17, 15) is 4.79 Å². The van der Waals surface area contributed by atoms with E-state index in [1.165, 1.54) is 0 Å². The van der Waals surface area contributed by atoms with Crippen molar-refractivity contribution in [3.05, 3.63) is 0 Å². The van der Waals surface area contributed by atoms with Gasteiger partial charge in [0, 0.05) is 0 Å². The Morgan fingerprint density at radius 2 is 2.00 bits per heavy atom. The molecule has 0 rings (SSSR count). The third-order valence-corrected chi connectivity index (χ3v) is 0.974. The van der Waals surface area contributed by atoms with Crippen LogP contribution in [0, 0.1) is 0 Å². The van der Waals surface area contributed by atoms with Crippen molar-refractivity contribution in [2.45, 2.75) is 11.4 Å². The summed E-state index contributed by atoms with van der Waals surface area (Å²) in [6, 6.07) is -1.07. The highest BCUT2D eigenvalue weighted by Crippen LogP contribution is 1.89. The van der Waals surface area contributed by atoms with E-state index in [1.54, 1.807) is 0 Å². The molecule has 0 amide bonds. The summed E-state index contributed by atoms with van der Waals surface area (Å²) in [5.74, 6) is -1.13. The lowest BCUT2D eigenvalue weighted by atomic mass is 10.3. The summed E-state index contributed by atoms with van der Waals surface area (Å²) in [4.78, 5) is 9.89. The highest BCUT2D eigenvalue weighted by atomic mass is 32.1. The molecule has 0 aliphatic heterocycles. The summed E-state index contributed by atoms with van der Waals surface area (Å²) < 4.78 is 0. The van der Waals surface area contributed by atoms with Crippen LogP contribution >= 0.6 is 12.6 Å². The van der Waals surface area contributed by atoms with Crippen molar-refractivity contribution in [1.29, 1.82) is 0 Å². The maximum Gasteiger partial charge on any atom is 0.322 e. The van der Waals surface area contributed by atoms with Crippen LogP contribution in [-0.2, 0) is 4.79 Å². The second-order valence-corrected chi connectivity index (χ2v) is 1.95. The van der Waals surface area contributed by atoms with Gasteiger partial charge in [-0.3, -0.25) is 4.79 Å². The molecule has 5 heteroatoms. The standard InChI is InChI=1S/C3H8N2O2S/c4-1(2(5)8)3(6)7/h1-2,8H,4-5H2,(H,6,7)/t1-,2?/m0/s1. The molecule has 0 aromatic heterocycles. The van der Waals surface area contributed by atoms with E-state index in [2.05, 4.69) is 12.6 Å². The van der Waals surface area contributed by atoms with Gasteiger partial charge >= 0.3 is 5.97 Å². The Labute approximate surface area is 52.3 Å². The zero-order valence-corrected chi connectivity index (χ0v) is 5.01. The first-order chi connectivity index (χ1) is 3.55. The Kier molecular flexibility index (Phi) is 2.81. The van der Waals surface area contributed by atoms with E-state index < -0.39 is 17.4 Å². The fourth-order valence-electron chi connectivity index (χ4n) is 0.146. The van der Waals surface area contributed by atoms with Crippen LogP contribution in [0.15, 0.2) is 0 Å². The molecule has 0 saturated heterocycles. The summed E-state index contributed by atoms with van der Waals surface area (Å²) in [7, 11) is 0. The first-order valence-electron chi connectivity index (χ1n) is 1.97. The molecule has 0 heterocycles. The Morgan fingerprint density at radius 3 is 2.00 bits per heavy atom. The zero-order chi connectivity index (χ0) is 6.73. The third kappa shape index (κ3) is 2.15. The van der Waals surface area contributed by atoms with E-state index in [0.29, 0.717) is 0 Å². The molecule has 0 radical (unpaired) electrons. The van der Waals surface area contributed by atoms with Gasteiger partial charge in [-0.25, -0.2) is 0 Å². The molecule has 0 aromatic carbocycles. The highest BCUT2D eigenvalue weighted by molar-refractivity contribution is 7.81. The molecular weight excluding hydrogens is 128 g/mol. The summed E-state index contributed by atoms with van der Waals surface area (Å²) >= 11 is 3.60. The molecule has 0 spiro atoms. The average molecular weight is 136 g/mol. The van der Waals surface area contributed by atoms with Crippen molar-refractivity contribution in [2.75, 3.05) is 0 Å². The van der Waals surface area contributed by atoms with Gasteiger partial charge in [0.2, 0.25) is 0 Å². The molecule has 0 aliphatic rings. The van der Waals surface area contributed by atoms with Crippen molar-refractivity contribution in [2.24, 2.45) is 11.5 Å². The second kappa shape index (κ2) is 2.91. The molecule has 1 unspecified atom stereocenters. The van der Waals surface area contributed by atoms with Gasteiger partial charge in [-0.05, 0) is 0 Å². The SMILES string of the molecule is NC(S)[C@H](N)C(=O)O. The maximum atomic E-state index is 9.89. The summed E-state index contributed by atoms with van der Waals surface area (Å²) in [6.07, 6.45) is 0. The molecule has 4 nitrogen and oxygen atoms in total. The van der Waals surface area contributed by atoms with Crippen LogP contribution in [0.1, 0.15) is 0 Å². The van der Waals surface area contributed by atoms with Crippen LogP contribution in [0.25, 0.3) is 0 Å². The molecule has 0 bridgehead atoms. The van der Waals surface area contributed by atoms with E-state index in [0.717, 1.165) is 0 Å². The number of thiol groups is 1. The van der Waals surface area contributed by atoms with Gasteiger partial charge in [0.05, 0.1) is 5.37 Å². The van der Waals surface area contributed by atoms with E-state index in [1.807, 2.05) is 0 Å². The van der Waals surface area contributed by atoms with Crippen LogP contribution in [0.5, 0.6) is 0 Å². The Hall–Kier alpha value is -0.260. The number of rotatable bonds is 2. The van der Waals surface area contributed by atoms with Gasteiger partial charge in [-0.1, -0.05) is 0 Å². The fraction of sp³-hybridized carbons (Fsp3) is 0.667. The predicted octanol–water partition coefficient (Wildman–Crippen LogP) is -1.39. The number of nitrogens with two attached hydrogens (primary N) is 2. The van der Waals surface area contributed by atoms with E-state index in [-0.39, 0.29) is 0 Å².